The molecule has 2 rings (SSSR count). The second kappa shape index (κ2) is 6.09. The molecular weight excluding hydrogens is 241 g/mol. The summed E-state index contributed by atoms with van der Waals surface area (Å²) in [5.41, 5.74) is 0.463. The number of likely N-dealkylation sites (tertiary alicyclic amines) is 1. The van der Waals surface area contributed by atoms with Gasteiger partial charge in [-0.1, -0.05) is 0 Å². The van der Waals surface area contributed by atoms with Gasteiger partial charge < -0.3 is 10.2 Å². The van der Waals surface area contributed by atoms with E-state index in [-0.39, 0.29) is 12.7 Å². The molecule has 0 unspecified atom stereocenters. The van der Waals surface area contributed by atoms with Gasteiger partial charge >= 0.3 is 0 Å². The molecule has 1 N–H and O–H groups in total. The Bertz CT molecular complexity index is 378. The Morgan fingerprint density at radius 3 is 2.61 bits per heavy atom. The summed E-state index contributed by atoms with van der Waals surface area (Å²) in [5, 5.41) is 3.11. The maximum atomic E-state index is 13.0. The van der Waals surface area contributed by atoms with Crippen molar-refractivity contribution in [2.45, 2.75) is 18.9 Å². The molecule has 1 heterocycles. The van der Waals surface area contributed by atoms with Gasteiger partial charge in [0.1, 0.15) is 11.6 Å². The van der Waals surface area contributed by atoms with Gasteiger partial charge in [-0.2, -0.15) is 0 Å². The molecule has 1 saturated heterocycles. The predicted octanol–water partition coefficient (Wildman–Crippen LogP) is 2.81. The number of alkyl halides is 1. The van der Waals surface area contributed by atoms with Gasteiger partial charge in [-0.05, 0) is 25.0 Å². The van der Waals surface area contributed by atoms with E-state index < -0.39 is 11.6 Å². The Labute approximate surface area is 105 Å². The van der Waals surface area contributed by atoms with Crippen LogP contribution in [0.1, 0.15) is 12.8 Å². The van der Waals surface area contributed by atoms with Crippen molar-refractivity contribution in [3.05, 3.63) is 29.8 Å². The van der Waals surface area contributed by atoms with E-state index in [0.29, 0.717) is 12.1 Å². The topological polar surface area (TPSA) is 15.3 Å². The van der Waals surface area contributed by atoms with Crippen LogP contribution in [0.2, 0.25) is 0 Å². The van der Waals surface area contributed by atoms with Crippen LogP contribution in [0.15, 0.2) is 18.2 Å². The highest BCUT2D eigenvalue weighted by Gasteiger charge is 2.21. The summed E-state index contributed by atoms with van der Waals surface area (Å²) in [4.78, 5) is 2.16. The zero-order valence-corrected chi connectivity index (χ0v) is 10.1. The average Bonchev–Trinajstić information content (AvgIpc) is 2.72. The summed E-state index contributed by atoms with van der Waals surface area (Å²) in [7, 11) is 0. The van der Waals surface area contributed by atoms with Crippen LogP contribution in [0.5, 0.6) is 0 Å². The van der Waals surface area contributed by atoms with Gasteiger partial charge in [-0.3, -0.25) is 4.39 Å². The van der Waals surface area contributed by atoms with Gasteiger partial charge in [0.05, 0.1) is 6.67 Å². The van der Waals surface area contributed by atoms with E-state index in [0.717, 1.165) is 32.1 Å². The number of nitrogens with zero attached hydrogens (tertiary/aromatic N) is 1. The quantitative estimate of drug-likeness (QED) is 0.873. The van der Waals surface area contributed by atoms with Crippen LogP contribution in [0.3, 0.4) is 0 Å². The van der Waals surface area contributed by atoms with Crippen molar-refractivity contribution in [1.29, 1.82) is 0 Å². The van der Waals surface area contributed by atoms with E-state index in [1.54, 1.807) is 0 Å². The normalized spacial score (nSPS) is 20.3. The summed E-state index contributed by atoms with van der Waals surface area (Å²) in [6, 6.07) is 3.60. The van der Waals surface area contributed by atoms with Crippen LogP contribution in [0.4, 0.5) is 18.9 Å². The minimum absolute atomic E-state index is 0.172. The summed E-state index contributed by atoms with van der Waals surface area (Å²) >= 11 is 0. The van der Waals surface area contributed by atoms with Gasteiger partial charge in [-0.15, -0.1) is 0 Å². The van der Waals surface area contributed by atoms with E-state index in [9.17, 15) is 13.2 Å². The fourth-order valence-electron chi connectivity index (χ4n) is 2.31. The van der Waals surface area contributed by atoms with Crippen molar-refractivity contribution in [3.63, 3.8) is 0 Å². The molecule has 0 bridgehead atoms. The number of hydrogen-bond donors (Lipinski definition) is 1. The number of rotatable bonds is 5. The Balaban J connectivity index is 1.87. The van der Waals surface area contributed by atoms with Crippen molar-refractivity contribution >= 4 is 5.69 Å². The summed E-state index contributed by atoms with van der Waals surface area (Å²) in [6.07, 6.45) is 1.45. The van der Waals surface area contributed by atoms with Crippen LogP contribution in [-0.4, -0.2) is 37.3 Å². The molecular formula is C13H17F3N2. The average molecular weight is 258 g/mol. The van der Waals surface area contributed by atoms with Gasteiger partial charge in [-0.25, -0.2) is 8.78 Å². The predicted molar refractivity (Wildman–Crippen MR) is 65.4 cm³/mol. The van der Waals surface area contributed by atoms with Crippen LogP contribution in [0, 0.1) is 11.6 Å². The van der Waals surface area contributed by atoms with E-state index in [2.05, 4.69) is 10.2 Å². The van der Waals surface area contributed by atoms with Gasteiger partial charge in [0, 0.05) is 37.4 Å². The molecule has 1 aliphatic heterocycles. The summed E-state index contributed by atoms with van der Waals surface area (Å²) in [5.74, 6) is -1.16. The molecule has 0 saturated carbocycles. The van der Waals surface area contributed by atoms with Crippen molar-refractivity contribution < 1.29 is 13.2 Å². The van der Waals surface area contributed by atoms with Gasteiger partial charge in [0.25, 0.3) is 0 Å². The maximum Gasteiger partial charge on any atom is 0.128 e. The molecule has 1 fully saturated rings. The molecule has 1 aliphatic rings. The molecule has 0 radical (unpaired) electrons. The highest BCUT2D eigenvalue weighted by Crippen LogP contribution is 2.18. The minimum atomic E-state index is -0.579. The van der Waals surface area contributed by atoms with Gasteiger partial charge in [0.2, 0.25) is 0 Å². The van der Waals surface area contributed by atoms with Crippen molar-refractivity contribution in [3.8, 4) is 0 Å². The molecule has 100 valence electrons. The Kier molecular flexibility index (Phi) is 4.47. The first kappa shape index (κ1) is 13.2. The van der Waals surface area contributed by atoms with E-state index in [1.807, 2.05) is 0 Å². The van der Waals surface area contributed by atoms with E-state index >= 15 is 0 Å². The molecule has 0 amide bonds. The zero-order chi connectivity index (χ0) is 13.0. The summed E-state index contributed by atoms with van der Waals surface area (Å²) < 4.78 is 38.1. The maximum absolute atomic E-state index is 13.0. The largest absolute Gasteiger partial charge is 0.381 e. The number of nitrogens with one attached hydrogen (secondary N) is 1. The number of halogens is 3. The first-order chi connectivity index (χ1) is 8.67. The number of hydrogen-bond acceptors (Lipinski definition) is 2. The van der Waals surface area contributed by atoms with Crippen LogP contribution >= 0.6 is 0 Å². The van der Waals surface area contributed by atoms with Crippen molar-refractivity contribution in [1.82, 2.24) is 4.90 Å². The smallest absolute Gasteiger partial charge is 0.128 e. The van der Waals surface area contributed by atoms with Crippen LogP contribution in [-0.2, 0) is 0 Å². The molecule has 1 atom stereocenters. The van der Waals surface area contributed by atoms with E-state index in [4.69, 9.17) is 0 Å². The minimum Gasteiger partial charge on any atom is -0.381 e. The molecule has 18 heavy (non-hydrogen) atoms. The second-order valence-corrected chi connectivity index (χ2v) is 4.63. The van der Waals surface area contributed by atoms with Crippen molar-refractivity contribution in [2.24, 2.45) is 0 Å². The molecule has 1 aromatic carbocycles. The van der Waals surface area contributed by atoms with E-state index in [1.165, 1.54) is 12.1 Å². The molecule has 2 nitrogen and oxygen atoms in total. The highest BCUT2D eigenvalue weighted by atomic mass is 19.1. The Hall–Kier alpha value is -1.23. The molecule has 0 aromatic heterocycles. The number of anilines is 1. The molecule has 5 heteroatoms. The lowest BCUT2D eigenvalue weighted by Gasteiger charge is -2.16. The zero-order valence-electron chi connectivity index (χ0n) is 10.1. The Morgan fingerprint density at radius 1 is 1.22 bits per heavy atom. The molecule has 0 aliphatic carbocycles. The Morgan fingerprint density at radius 2 is 1.94 bits per heavy atom. The lowest BCUT2D eigenvalue weighted by molar-refractivity contribution is 0.310. The lowest BCUT2D eigenvalue weighted by atomic mass is 10.2. The summed E-state index contributed by atoms with van der Waals surface area (Å²) in [6.45, 7) is 2.13. The first-order valence-electron chi connectivity index (χ1n) is 6.18. The second-order valence-electron chi connectivity index (χ2n) is 4.63. The molecule has 1 aromatic rings. The monoisotopic (exact) mass is 258 g/mol. The third kappa shape index (κ3) is 3.63. The van der Waals surface area contributed by atoms with Gasteiger partial charge in [0.15, 0.2) is 0 Å². The SMILES string of the molecule is FCCCN1CC[C@H](Nc2cc(F)cc(F)c2)C1. The fourth-order valence-corrected chi connectivity index (χ4v) is 2.31. The first-order valence-corrected chi connectivity index (χ1v) is 6.18. The highest BCUT2D eigenvalue weighted by molar-refractivity contribution is 5.44. The standard InChI is InChI=1S/C13H17F3N2/c14-3-1-4-18-5-2-12(9-18)17-13-7-10(15)6-11(16)8-13/h6-8,12,17H,1-5,9H2/t12-/m0/s1. The third-order valence-corrected chi connectivity index (χ3v) is 3.11. The molecule has 0 spiro atoms. The lowest BCUT2D eigenvalue weighted by Crippen LogP contribution is -2.27. The third-order valence-electron chi connectivity index (χ3n) is 3.11. The van der Waals surface area contributed by atoms with Crippen LogP contribution in [0.25, 0.3) is 0 Å². The van der Waals surface area contributed by atoms with Crippen molar-refractivity contribution in [2.75, 3.05) is 31.6 Å². The van der Waals surface area contributed by atoms with Crippen LogP contribution < -0.4 is 5.32 Å². The fraction of sp³-hybridized carbons (Fsp3) is 0.538. The number of benzene rings is 1.